The molecule has 1 N–H and O–H groups in total. The van der Waals surface area contributed by atoms with Crippen molar-refractivity contribution < 1.29 is 8.42 Å². The number of sulfone groups is 1. The predicted molar refractivity (Wildman–Crippen MR) is 77.9 cm³/mol. The van der Waals surface area contributed by atoms with Crippen molar-refractivity contribution in [3.63, 3.8) is 0 Å². The minimum Gasteiger partial charge on any atom is -0.359 e. The van der Waals surface area contributed by atoms with E-state index < -0.39 is 9.84 Å². The molecule has 0 radical (unpaired) electrons. The molecule has 0 fully saturated rings. The molecule has 1 heterocycles. The average molecular weight is 336 g/mol. The molecule has 3 nitrogen and oxygen atoms in total. The van der Waals surface area contributed by atoms with E-state index in [0.29, 0.717) is 15.2 Å². The van der Waals surface area contributed by atoms with Crippen molar-refractivity contribution >= 4 is 36.7 Å². The summed E-state index contributed by atoms with van der Waals surface area (Å²) in [6.45, 7) is 0. The molecule has 0 saturated heterocycles. The van der Waals surface area contributed by atoms with Crippen molar-refractivity contribution in [2.45, 2.75) is 9.79 Å². The van der Waals surface area contributed by atoms with Crippen LogP contribution < -0.4 is 0 Å². The van der Waals surface area contributed by atoms with E-state index >= 15 is 0 Å². The van der Waals surface area contributed by atoms with Crippen LogP contribution in [0.1, 0.15) is 0 Å². The van der Waals surface area contributed by atoms with Crippen molar-refractivity contribution in [3.8, 4) is 0 Å². The number of para-hydroxylation sites is 1. The van der Waals surface area contributed by atoms with E-state index in [0.717, 1.165) is 9.99 Å². The van der Waals surface area contributed by atoms with Gasteiger partial charge in [-0.15, -0.1) is 0 Å². The van der Waals surface area contributed by atoms with Crippen LogP contribution >= 0.6 is 15.9 Å². The standard InChI is InChI=1S/C14H10BrNO2S/c15-12-8-4-7-11-13(9-16-14(11)12)19(17,18)10-5-2-1-3-6-10/h1-9,16H. The highest BCUT2D eigenvalue weighted by atomic mass is 79.9. The van der Waals surface area contributed by atoms with Crippen LogP contribution in [0, 0.1) is 0 Å². The molecule has 0 aliphatic rings. The molecule has 1 aromatic heterocycles. The Kier molecular flexibility index (Phi) is 2.95. The van der Waals surface area contributed by atoms with Gasteiger partial charge in [0.2, 0.25) is 9.84 Å². The number of nitrogens with one attached hydrogen (secondary N) is 1. The number of hydrogen-bond acceptors (Lipinski definition) is 2. The van der Waals surface area contributed by atoms with Crippen LogP contribution in [0.15, 0.2) is 69.0 Å². The molecular weight excluding hydrogens is 326 g/mol. The molecule has 0 atom stereocenters. The second-order valence-corrected chi connectivity index (χ2v) is 6.90. The number of benzene rings is 2. The van der Waals surface area contributed by atoms with E-state index in [1.807, 2.05) is 12.1 Å². The van der Waals surface area contributed by atoms with E-state index in [4.69, 9.17) is 0 Å². The summed E-state index contributed by atoms with van der Waals surface area (Å²) in [5, 5.41) is 0.693. The Morgan fingerprint density at radius 3 is 2.42 bits per heavy atom. The lowest BCUT2D eigenvalue weighted by Gasteiger charge is -2.03. The van der Waals surface area contributed by atoms with E-state index in [2.05, 4.69) is 20.9 Å². The molecule has 2 aromatic carbocycles. The smallest absolute Gasteiger partial charge is 0.208 e. The first-order valence-electron chi connectivity index (χ1n) is 5.66. The Balaban J connectivity index is 2.29. The second kappa shape index (κ2) is 4.51. The van der Waals surface area contributed by atoms with E-state index in [9.17, 15) is 8.42 Å². The zero-order chi connectivity index (χ0) is 13.5. The molecule has 0 unspecified atom stereocenters. The summed E-state index contributed by atoms with van der Waals surface area (Å²) in [7, 11) is -3.49. The average Bonchev–Trinajstić information content (AvgIpc) is 2.86. The number of aromatic nitrogens is 1. The normalized spacial score (nSPS) is 11.8. The maximum atomic E-state index is 12.6. The highest BCUT2D eigenvalue weighted by molar-refractivity contribution is 9.10. The van der Waals surface area contributed by atoms with Gasteiger partial charge >= 0.3 is 0 Å². The van der Waals surface area contributed by atoms with Gasteiger partial charge in [-0.2, -0.15) is 0 Å². The Labute approximate surface area is 119 Å². The van der Waals surface area contributed by atoms with Crippen LogP contribution in [0.3, 0.4) is 0 Å². The van der Waals surface area contributed by atoms with Gasteiger partial charge in [0, 0.05) is 16.1 Å². The van der Waals surface area contributed by atoms with Crippen molar-refractivity contribution in [2.75, 3.05) is 0 Å². The molecule has 0 bridgehead atoms. The fraction of sp³-hybridized carbons (Fsp3) is 0. The van der Waals surface area contributed by atoms with Crippen LogP contribution in [0.4, 0.5) is 0 Å². The first-order chi connectivity index (χ1) is 9.10. The summed E-state index contributed by atoms with van der Waals surface area (Å²) in [5.41, 5.74) is 0.789. The van der Waals surface area contributed by atoms with E-state index in [1.165, 1.54) is 6.20 Å². The SMILES string of the molecule is O=S(=O)(c1ccccc1)c1c[nH]c2c(Br)cccc12. The zero-order valence-electron chi connectivity index (χ0n) is 9.80. The summed E-state index contributed by atoms with van der Waals surface area (Å²) in [4.78, 5) is 3.61. The molecule has 0 aliphatic heterocycles. The number of halogens is 1. The van der Waals surface area contributed by atoms with Crippen LogP contribution in [0.25, 0.3) is 10.9 Å². The number of H-pyrrole nitrogens is 1. The fourth-order valence-electron chi connectivity index (χ4n) is 2.04. The molecule has 0 saturated carbocycles. The van der Waals surface area contributed by atoms with Gasteiger partial charge in [0.1, 0.15) is 0 Å². The summed E-state index contributed by atoms with van der Waals surface area (Å²) in [6.07, 6.45) is 1.54. The predicted octanol–water partition coefficient (Wildman–Crippen LogP) is 3.76. The van der Waals surface area contributed by atoms with Crippen molar-refractivity contribution in [1.82, 2.24) is 4.98 Å². The Bertz CT molecular complexity index is 838. The van der Waals surface area contributed by atoms with Gasteiger partial charge < -0.3 is 4.98 Å². The third kappa shape index (κ3) is 1.99. The Hall–Kier alpha value is -1.59. The number of rotatable bonds is 2. The van der Waals surface area contributed by atoms with Gasteiger partial charge in [0.25, 0.3) is 0 Å². The van der Waals surface area contributed by atoms with Crippen LogP contribution in [-0.4, -0.2) is 13.4 Å². The van der Waals surface area contributed by atoms with Gasteiger partial charge in [-0.1, -0.05) is 30.3 Å². The van der Waals surface area contributed by atoms with Crippen LogP contribution in [0.5, 0.6) is 0 Å². The lowest BCUT2D eigenvalue weighted by Crippen LogP contribution is -2.00. The molecule has 0 amide bonds. The van der Waals surface area contributed by atoms with Gasteiger partial charge in [0.05, 0.1) is 15.3 Å². The number of aromatic amines is 1. The first-order valence-corrected chi connectivity index (χ1v) is 7.94. The monoisotopic (exact) mass is 335 g/mol. The highest BCUT2D eigenvalue weighted by Crippen LogP contribution is 2.31. The summed E-state index contributed by atoms with van der Waals surface area (Å²) in [5.74, 6) is 0. The lowest BCUT2D eigenvalue weighted by atomic mass is 10.2. The van der Waals surface area contributed by atoms with Crippen molar-refractivity contribution in [1.29, 1.82) is 0 Å². The van der Waals surface area contributed by atoms with E-state index in [-0.39, 0.29) is 0 Å². The molecule has 0 aliphatic carbocycles. The molecule has 96 valence electrons. The largest absolute Gasteiger partial charge is 0.359 e. The number of hydrogen-bond donors (Lipinski definition) is 1. The molecular formula is C14H10BrNO2S. The van der Waals surface area contributed by atoms with Crippen molar-refractivity contribution in [3.05, 3.63) is 59.2 Å². The summed E-state index contributed by atoms with van der Waals surface area (Å²) >= 11 is 3.41. The molecule has 3 aromatic rings. The molecule has 3 rings (SSSR count). The third-order valence-electron chi connectivity index (χ3n) is 2.97. The minimum atomic E-state index is -3.49. The third-order valence-corrected chi connectivity index (χ3v) is 5.44. The van der Waals surface area contributed by atoms with Crippen molar-refractivity contribution in [2.24, 2.45) is 0 Å². The molecule has 0 spiro atoms. The van der Waals surface area contributed by atoms with E-state index in [1.54, 1.807) is 36.4 Å². The lowest BCUT2D eigenvalue weighted by molar-refractivity contribution is 0.597. The Morgan fingerprint density at radius 1 is 0.947 bits per heavy atom. The van der Waals surface area contributed by atoms with Gasteiger partial charge in [-0.3, -0.25) is 0 Å². The summed E-state index contributed by atoms with van der Waals surface area (Å²) < 4.78 is 26.0. The number of fused-ring (bicyclic) bond motifs is 1. The first kappa shape index (κ1) is 12.4. The molecule has 5 heteroatoms. The topological polar surface area (TPSA) is 49.9 Å². The molecule has 19 heavy (non-hydrogen) atoms. The quantitative estimate of drug-likeness (QED) is 0.775. The van der Waals surface area contributed by atoms with Gasteiger partial charge in [-0.05, 0) is 34.1 Å². The fourth-order valence-corrected chi connectivity index (χ4v) is 3.96. The zero-order valence-corrected chi connectivity index (χ0v) is 12.2. The van der Waals surface area contributed by atoms with Crippen LogP contribution in [0.2, 0.25) is 0 Å². The second-order valence-electron chi connectivity index (χ2n) is 4.13. The highest BCUT2D eigenvalue weighted by Gasteiger charge is 2.21. The minimum absolute atomic E-state index is 0.301. The van der Waals surface area contributed by atoms with Gasteiger partial charge in [-0.25, -0.2) is 8.42 Å². The van der Waals surface area contributed by atoms with Gasteiger partial charge in [0.15, 0.2) is 0 Å². The van der Waals surface area contributed by atoms with Crippen LogP contribution in [-0.2, 0) is 9.84 Å². The summed E-state index contributed by atoms with van der Waals surface area (Å²) in [6, 6.07) is 13.9. The Morgan fingerprint density at radius 2 is 1.68 bits per heavy atom. The maximum Gasteiger partial charge on any atom is 0.208 e. The maximum absolute atomic E-state index is 12.6.